The summed E-state index contributed by atoms with van der Waals surface area (Å²) in [6.07, 6.45) is 5.83. The molecule has 0 fully saturated rings. The number of carbonyl (C=O) groups is 1. The van der Waals surface area contributed by atoms with Crippen LogP contribution in [0.3, 0.4) is 0 Å². The van der Waals surface area contributed by atoms with Gasteiger partial charge in [0, 0.05) is 0 Å². The van der Waals surface area contributed by atoms with Crippen LogP contribution in [0, 0.1) is 40.0 Å². The van der Waals surface area contributed by atoms with Crippen LogP contribution in [0.5, 0.6) is 0 Å². The van der Waals surface area contributed by atoms with Crippen LogP contribution in [0.15, 0.2) is 35.3 Å². The molecule has 0 atom stereocenters. The van der Waals surface area contributed by atoms with E-state index in [2.05, 4.69) is 43.0 Å². The minimum Gasteiger partial charge on any atom is -0.305 e. The van der Waals surface area contributed by atoms with E-state index in [0.717, 1.165) is 26.9 Å². The molecule has 0 saturated heterocycles. The maximum atomic E-state index is 12.6. The Labute approximate surface area is 158 Å². The molecule has 3 rings (SSSR count). The average molecular weight is 362 g/mol. The van der Waals surface area contributed by atoms with Gasteiger partial charge in [-0.1, -0.05) is 41.0 Å². The highest BCUT2D eigenvalue weighted by atomic mass is 32.1. The molecule has 26 heavy (non-hydrogen) atoms. The number of rotatable bonds is 3. The predicted octanol–water partition coefficient (Wildman–Crippen LogP) is 4.24. The third-order valence-electron chi connectivity index (χ3n) is 4.48. The van der Waals surface area contributed by atoms with Gasteiger partial charge in [0.25, 0.3) is 5.91 Å². The monoisotopic (exact) mass is 362 g/mol. The van der Waals surface area contributed by atoms with Gasteiger partial charge in [-0.3, -0.25) is 4.79 Å². The van der Waals surface area contributed by atoms with E-state index < -0.39 is 0 Å². The summed E-state index contributed by atoms with van der Waals surface area (Å²) in [5.41, 5.74) is 6.73. The normalized spacial score (nSPS) is 11.7. The number of carbonyl (C=O) groups excluding carboxylic acids is 1. The van der Waals surface area contributed by atoms with Crippen molar-refractivity contribution in [1.82, 2.24) is 4.57 Å². The van der Waals surface area contributed by atoms with Crippen LogP contribution >= 0.6 is 11.3 Å². The molecule has 4 heteroatoms. The number of aromatic nitrogens is 1. The third kappa shape index (κ3) is 3.63. The molecule has 0 bridgehead atoms. The largest absolute Gasteiger partial charge is 0.305 e. The van der Waals surface area contributed by atoms with Crippen molar-refractivity contribution in [3.8, 4) is 12.3 Å². The summed E-state index contributed by atoms with van der Waals surface area (Å²) in [4.78, 5) is 17.7. The number of hydrogen-bond donors (Lipinski definition) is 0. The third-order valence-corrected chi connectivity index (χ3v) is 5.52. The molecule has 3 aromatic rings. The molecule has 0 N–H and O–H groups in total. The van der Waals surface area contributed by atoms with Crippen LogP contribution in [0.2, 0.25) is 0 Å². The summed E-state index contributed by atoms with van der Waals surface area (Å²) in [6.45, 7) is 8.61. The van der Waals surface area contributed by atoms with E-state index in [1.807, 2.05) is 30.5 Å². The highest BCUT2D eigenvalue weighted by Crippen LogP contribution is 2.20. The number of terminal acetylenes is 1. The second kappa shape index (κ2) is 7.31. The number of thiazole rings is 1. The molecule has 2 aromatic carbocycles. The molecule has 1 aromatic heterocycles. The van der Waals surface area contributed by atoms with Gasteiger partial charge < -0.3 is 4.57 Å². The van der Waals surface area contributed by atoms with Crippen molar-refractivity contribution in [3.05, 3.63) is 63.0 Å². The molecule has 132 valence electrons. The number of aryl methyl sites for hydroxylation is 4. The predicted molar refractivity (Wildman–Crippen MR) is 108 cm³/mol. The average Bonchev–Trinajstić information content (AvgIpc) is 2.87. The Morgan fingerprint density at radius 2 is 1.81 bits per heavy atom. The maximum Gasteiger partial charge on any atom is 0.252 e. The highest BCUT2D eigenvalue weighted by molar-refractivity contribution is 7.16. The van der Waals surface area contributed by atoms with Gasteiger partial charge >= 0.3 is 0 Å². The molecule has 1 heterocycles. The molecule has 3 nitrogen and oxygen atoms in total. The van der Waals surface area contributed by atoms with Crippen LogP contribution in [0.1, 0.15) is 27.8 Å². The fourth-order valence-corrected chi connectivity index (χ4v) is 4.44. The first-order valence-corrected chi connectivity index (χ1v) is 9.38. The molecular weight excluding hydrogens is 340 g/mol. The molecule has 0 aliphatic heterocycles. The second-order valence-electron chi connectivity index (χ2n) is 6.71. The van der Waals surface area contributed by atoms with Gasteiger partial charge in [0.2, 0.25) is 0 Å². The van der Waals surface area contributed by atoms with Crippen molar-refractivity contribution in [3.63, 3.8) is 0 Å². The van der Waals surface area contributed by atoms with Crippen molar-refractivity contribution >= 4 is 27.5 Å². The van der Waals surface area contributed by atoms with Gasteiger partial charge in [0.05, 0.1) is 23.2 Å². The Morgan fingerprint density at radius 3 is 2.46 bits per heavy atom. The lowest BCUT2D eigenvalue weighted by Crippen LogP contribution is -2.17. The Kier molecular flexibility index (Phi) is 5.11. The van der Waals surface area contributed by atoms with Crippen molar-refractivity contribution in [2.45, 2.75) is 40.7 Å². The van der Waals surface area contributed by atoms with Crippen molar-refractivity contribution in [2.75, 3.05) is 0 Å². The van der Waals surface area contributed by atoms with Gasteiger partial charge in [0.15, 0.2) is 4.80 Å². The van der Waals surface area contributed by atoms with Crippen LogP contribution in [-0.2, 0) is 17.8 Å². The summed E-state index contributed by atoms with van der Waals surface area (Å²) in [7, 11) is 0. The number of fused-ring (bicyclic) bond motifs is 1. The topological polar surface area (TPSA) is 34.4 Å². The summed E-state index contributed by atoms with van der Waals surface area (Å²) in [5, 5.41) is 0. The van der Waals surface area contributed by atoms with E-state index in [1.165, 1.54) is 22.5 Å². The zero-order valence-electron chi connectivity index (χ0n) is 15.6. The van der Waals surface area contributed by atoms with E-state index in [4.69, 9.17) is 6.42 Å². The van der Waals surface area contributed by atoms with Crippen molar-refractivity contribution < 1.29 is 4.79 Å². The maximum absolute atomic E-state index is 12.6. The minimum atomic E-state index is -0.144. The number of amides is 1. The van der Waals surface area contributed by atoms with Crippen LogP contribution in [-0.4, -0.2) is 10.5 Å². The number of benzene rings is 2. The first-order chi connectivity index (χ1) is 12.4. The zero-order chi connectivity index (χ0) is 18.8. The molecule has 0 spiro atoms. The smallest absolute Gasteiger partial charge is 0.252 e. The fourth-order valence-electron chi connectivity index (χ4n) is 3.30. The molecule has 0 aliphatic rings. The lowest BCUT2D eigenvalue weighted by atomic mass is 9.97. The van der Waals surface area contributed by atoms with Crippen molar-refractivity contribution in [1.29, 1.82) is 0 Å². The molecule has 1 amide bonds. The molecular formula is C22H22N2OS. The first-order valence-electron chi connectivity index (χ1n) is 8.57. The van der Waals surface area contributed by atoms with Gasteiger partial charge in [-0.05, 0) is 62.1 Å². The number of nitrogens with zero attached hydrogens (tertiary/aromatic N) is 2. The summed E-state index contributed by atoms with van der Waals surface area (Å²) in [5.74, 6) is 2.52. The van der Waals surface area contributed by atoms with Gasteiger partial charge in [-0.2, -0.15) is 4.99 Å². The molecule has 0 unspecified atom stereocenters. The minimum absolute atomic E-state index is 0.144. The second-order valence-corrected chi connectivity index (χ2v) is 7.71. The summed E-state index contributed by atoms with van der Waals surface area (Å²) >= 11 is 1.51. The van der Waals surface area contributed by atoms with Crippen LogP contribution < -0.4 is 4.80 Å². The Hall–Kier alpha value is -2.64. The number of hydrogen-bond acceptors (Lipinski definition) is 2. The highest BCUT2D eigenvalue weighted by Gasteiger charge is 2.11. The molecule has 0 saturated carbocycles. The summed E-state index contributed by atoms with van der Waals surface area (Å²) < 4.78 is 3.03. The van der Waals surface area contributed by atoms with Gasteiger partial charge in [-0.15, -0.1) is 6.42 Å². The lowest BCUT2D eigenvalue weighted by molar-refractivity contribution is -0.117. The van der Waals surface area contributed by atoms with E-state index in [1.54, 1.807) is 0 Å². The summed E-state index contributed by atoms with van der Waals surface area (Å²) in [6, 6.07) is 10.4. The van der Waals surface area contributed by atoms with E-state index >= 15 is 0 Å². The zero-order valence-corrected chi connectivity index (χ0v) is 16.4. The van der Waals surface area contributed by atoms with E-state index in [0.29, 0.717) is 17.8 Å². The van der Waals surface area contributed by atoms with Crippen LogP contribution in [0.4, 0.5) is 0 Å². The lowest BCUT2D eigenvalue weighted by Gasteiger charge is -2.09. The standard InChI is InChI=1S/C22H22N2OS/c1-6-9-24-19-8-7-14(2)12-20(19)26-22(24)23-21(25)13-18-16(4)10-15(3)11-17(18)5/h1,7-8,10-12H,9,13H2,2-5H3. The van der Waals surface area contributed by atoms with Crippen molar-refractivity contribution in [2.24, 2.45) is 4.99 Å². The van der Waals surface area contributed by atoms with Gasteiger partial charge in [0.1, 0.15) is 0 Å². The van der Waals surface area contributed by atoms with E-state index in [-0.39, 0.29) is 5.91 Å². The van der Waals surface area contributed by atoms with Gasteiger partial charge in [-0.25, -0.2) is 0 Å². The first kappa shape index (κ1) is 18.2. The van der Waals surface area contributed by atoms with Crippen LogP contribution in [0.25, 0.3) is 10.2 Å². The van der Waals surface area contributed by atoms with E-state index in [9.17, 15) is 4.79 Å². The molecule has 0 radical (unpaired) electrons. The Balaban J connectivity index is 2.03. The SMILES string of the molecule is C#CCn1c(=NC(=O)Cc2c(C)cc(C)cc2C)sc2cc(C)ccc21. The Bertz CT molecular complexity index is 1090. The Morgan fingerprint density at radius 1 is 1.12 bits per heavy atom. The quantitative estimate of drug-likeness (QED) is 0.642. The fraction of sp³-hybridized carbons (Fsp3) is 0.273. The molecule has 0 aliphatic carbocycles.